The zero-order valence-electron chi connectivity index (χ0n) is 8.21. The van der Waals surface area contributed by atoms with Gasteiger partial charge in [0, 0.05) is 11.6 Å². The van der Waals surface area contributed by atoms with Crippen LogP contribution in [-0.2, 0) is 0 Å². The van der Waals surface area contributed by atoms with Crippen LogP contribution in [0, 0.1) is 0 Å². The van der Waals surface area contributed by atoms with Crippen molar-refractivity contribution in [1.29, 1.82) is 0 Å². The number of benzene rings is 1. The van der Waals surface area contributed by atoms with E-state index >= 15 is 0 Å². The average molecular weight is 202 g/mol. The number of nitrogens with zero attached hydrogens (tertiary/aromatic N) is 2. The van der Waals surface area contributed by atoms with Gasteiger partial charge in [0.25, 0.3) is 0 Å². The Labute approximate surface area is 86.8 Å². The van der Waals surface area contributed by atoms with E-state index in [9.17, 15) is 0 Å². The summed E-state index contributed by atoms with van der Waals surface area (Å²) >= 11 is 0. The molecule has 0 aliphatic carbocycles. The van der Waals surface area contributed by atoms with Crippen LogP contribution in [0.4, 0.5) is 0 Å². The molecule has 0 aliphatic heterocycles. The fourth-order valence-electron chi connectivity index (χ4n) is 1.24. The van der Waals surface area contributed by atoms with E-state index in [1.54, 1.807) is 13.0 Å². The summed E-state index contributed by atoms with van der Waals surface area (Å²) in [7, 11) is 0. The molecule has 0 saturated carbocycles. The van der Waals surface area contributed by atoms with E-state index in [0.717, 1.165) is 5.56 Å². The van der Waals surface area contributed by atoms with Crippen LogP contribution >= 0.6 is 0 Å². The molecule has 0 amide bonds. The van der Waals surface area contributed by atoms with Crippen molar-refractivity contribution in [2.24, 2.45) is 5.16 Å². The lowest BCUT2D eigenvalue weighted by Gasteiger charge is -1.91. The van der Waals surface area contributed by atoms with Gasteiger partial charge < -0.3 is 9.73 Å². The quantitative estimate of drug-likeness (QED) is 0.462. The van der Waals surface area contributed by atoms with Gasteiger partial charge in [-0.25, -0.2) is 0 Å². The van der Waals surface area contributed by atoms with Crippen molar-refractivity contribution in [3.8, 4) is 11.3 Å². The second-order valence-electron chi connectivity index (χ2n) is 3.13. The Hall–Kier alpha value is -2.10. The molecule has 1 heterocycles. The summed E-state index contributed by atoms with van der Waals surface area (Å²) in [4.78, 5) is 0. The summed E-state index contributed by atoms with van der Waals surface area (Å²) in [6, 6.07) is 11.4. The molecular formula is C11H10N2O2. The Morgan fingerprint density at radius 1 is 1.33 bits per heavy atom. The summed E-state index contributed by atoms with van der Waals surface area (Å²) < 4.78 is 5.13. The minimum Gasteiger partial charge on any atom is -0.411 e. The molecule has 0 fully saturated rings. The van der Waals surface area contributed by atoms with E-state index in [4.69, 9.17) is 9.73 Å². The lowest BCUT2D eigenvalue weighted by molar-refractivity contribution is 0.318. The van der Waals surface area contributed by atoms with Gasteiger partial charge in [-0.05, 0) is 6.92 Å². The highest BCUT2D eigenvalue weighted by atomic mass is 16.5. The summed E-state index contributed by atoms with van der Waals surface area (Å²) in [6.45, 7) is 1.66. The van der Waals surface area contributed by atoms with E-state index < -0.39 is 0 Å². The number of rotatable bonds is 2. The van der Waals surface area contributed by atoms with Crippen LogP contribution in [-0.4, -0.2) is 16.1 Å². The van der Waals surface area contributed by atoms with Gasteiger partial charge >= 0.3 is 0 Å². The summed E-state index contributed by atoms with van der Waals surface area (Å²) in [5.41, 5.74) is 1.92. The topological polar surface area (TPSA) is 58.6 Å². The maximum absolute atomic E-state index is 8.57. The Kier molecular flexibility index (Phi) is 2.49. The molecule has 2 aromatic rings. The molecule has 0 spiro atoms. The first-order valence-corrected chi connectivity index (χ1v) is 4.52. The van der Waals surface area contributed by atoms with Crippen LogP contribution in [0.2, 0.25) is 0 Å². The standard InChI is InChI=1S/C11H10N2O2/c1-8(12-14)10-7-11(15-13-10)9-5-3-2-4-6-9/h2-7,14H,1H3. The van der Waals surface area contributed by atoms with Gasteiger partial charge in [0.05, 0.1) is 0 Å². The first-order valence-electron chi connectivity index (χ1n) is 4.52. The fourth-order valence-corrected chi connectivity index (χ4v) is 1.24. The first-order chi connectivity index (χ1) is 7.31. The molecule has 0 unspecified atom stereocenters. The van der Waals surface area contributed by atoms with E-state index in [1.165, 1.54) is 0 Å². The van der Waals surface area contributed by atoms with Crippen LogP contribution in [0.15, 0.2) is 46.1 Å². The Morgan fingerprint density at radius 3 is 2.73 bits per heavy atom. The number of hydrogen-bond acceptors (Lipinski definition) is 4. The lowest BCUT2D eigenvalue weighted by Crippen LogP contribution is -1.92. The van der Waals surface area contributed by atoms with Crippen LogP contribution in [0.3, 0.4) is 0 Å². The zero-order valence-corrected chi connectivity index (χ0v) is 8.21. The highest BCUT2D eigenvalue weighted by molar-refractivity contribution is 5.97. The maximum atomic E-state index is 8.57. The number of hydrogen-bond donors (Lipinski definition) is 1. The van der Waals surface area contributed by atoms with Crippen molar-refractivity contribution >= 4 is 5.71 Å². The van der Waals surface area contributed by atoms with E-state index in [0.29, 0.717) is 17.2 Å². The van der Waals surface area contributed by atoms with Crippen LogP contribution in [0.25, 0.3) is 11.3 Å². The largest absolute Gasteiger partial charge is 0.411 e. The maximum Gasteiger partial charge on any atom is 0.167 e. The van der Waals surface area contributed by atoms with Crippen molar-refractivity contribution in [1.82, 2.24) is 5.16 Å². The third-order valence-electron chi connectivity index (χ3n) is 2.09. The predicted octanol–water partition coefficient (Wildman–Crippen LogP) is 2.54. The smallest absolute Gasteiger partial charge is 0.167 e. The molecule has 4 heteroatoms. The van der Waals surface area contributed by atoms with Crippen LogP contribution in [0.1, 0.15) is 12.6 Å². The number of aromatic nitrogens is 1. The van der Waals surface area contributed by atoms with Gasteiger partial charge in [-0.15, -0.1) is 0 Å². The molecule has 2 rings (SSSR count). The number of oxime groups is 1. The van der Waals surface area contributed by atoms with E-state index in [-0.39, 0.29) is 0 Å². The molecule has 0 radical (unpaired) electrons. The van der Waals surface area contributed by atoms with Gasteiger partial charge in [0.2, 0.25) is 0 Å². The fraction of sp³-hybridized carbons (Fsp3) is 0.0909. The molecule has 4 nitrogen and oxygen atoms in total. The average Bonchev–Trinajstić information content (AvgIpc) is 2.78. The minimum atomic E-state index is 0.431. The second-order valence-corrected chi connectivity index (χ2v) is 3.13. The van der Waals surface area contributed by atoms with Crippen molar-refractivity contribution in [2.75, 3.05) is 0 Å². The Balaban J connectivity index is 2.36. The van der Waals surface area contributed by atoms with Crippen LogP contribution < -0.4 is 0 Å². The van der Waals surface area contributed by atoms with Gasteiger partial charge in [-0.2, -0.15) is 0 Å². The predicted molar refractivity (Wildman–Crippen MR) is 55.9 cm³/mol. The molecule has 0 aliphatic rings. The van der Waals surface area contributed by atoms with Crippen molar-refractivity contribution in [2.45, 2.75) is 6.92 Å². The van der Waals surface area contributed by atoms with Gasteiger partial charge in [0.15, 0.2) is 5.76 Å². The molecule has 76 valence electrons. The third kappa shape index (κ3) is 1.88. The molecule has 0 saturated heterocycles. The molecule has 15 heavy (non-hydrogen) atoms. The molecule has 1 aromatic carbocycles. The lowest BCUT2D eigenvalue weighted by atomic mass is 10.1. The summed E-state index contributed by atoms with van der Waals surface area (Å²) in [5.74, 6) is 0.661. The van der Waals surface area contributed by atoms with Crippen molar-refractivity contribution in [3.63, 3.8) is 0 Å². The zero-order chi connectivity index (χ0) is 10.7. The molecular weight excluding hydrogens is 192 g/mol. The molecule has 1 aromatic heterocycles. The Bertz CT molecular complexity index is 474. The van der Waals surface area contributed by atoms with E-state index in [1.807, 2.05) is 30.3 Å². The van der Waals surface area contributed by atoms with Crippen molar-refractivity contribution < 1.29 is 9.73 Å². The monoisotopic (exact) mass is 202 g/mol. The van der Waals surface area contributed by atoms with Gasteiger partial charge in [0.1, 0.15) is 11.4 Å². The van der Waals surface area contributed by atoms with Gasteiger partial charge in [-0.1, -0.05) is 40.6 Å². The van der Waals surface area contributed by atoms with Crippen molar-refractivity contribution in [3.05, 3.63) is 42.1 Å². The SMILES string of the molecule is CC(=NO)c1cc(-c2ccccc2)on1. The molecule has 0 bridgehead atoms. The second kappa shape index (κ2) is 3.96. The van der Waals surface area contributed by atoms with E-state index in [2.05, 4.69) is 10.3 Å². The third-order valence-corrected chi connectivity index (χ3v) is 2.09. The van der Waals surface area contributed by atoms with Gasteiger partial charge in [-0.3, -0.25) is 0 Å². The first kappa shape index (κ1) is 9.45. The highest BCUT2D eigenvalue weighted by Crippen LogP contribution is 2.19. The highest BCUT2D eigenvalue weighted by Gasteiger charge is 2.08. The van der Waals surface area contributed by atoms with Crippen LogP contribution in [0.5, 0.6) is 0 Å². The summed E-state index contributed by atoms with van der Waals surface area (Å²) in [5, 5.41) is 15.4. The molecule has 0 atom stereocenters. The normalized spacial score (nSPS) is 11.7. The minimum absolute atomic E-state index is 0.431. The molecule has 1 N–H and O–H groups in total. The Morgan fingerprint density at radius 2 is 2.07 bits per heavy atom. The summed E-state index contributed by atoms with van der Waals surface area (Å²) in [6.07, 6.45) is 0.